The molecular weight excluding hydrogens is 248 g/mol. The van der Waals surface area contributed by atoms with Crippen molar-refractivity contribution in [3.05, 3.63) is 71.8 Å². The molecule has 2 aromatic rings. The fraction of sp³-hybridized carbons (Fsp3) is 0. The summed E-state index contributed by atoms with van der Waals surface area (Å²) >= 11 is 5.16. The van der Waals surface area contributed by atoms with Gasteiger partial charge in [-0.05, 0) is 11.6 Å². The molecule has 18 heavy (non-hydrogen) atoms. The standard InChI is InChI=1S/C7H5ClO.C7H8N2/c2*8-7(9)6-4-2-1-3-5-6/h1-5H;1-5H,(H3,8,9). The van der Waals surface area contributed by atoms with Crippen LogP contribution >= 0.6 is 11.6 Å². The van der Waals surface area contributed by atoms with Crippen LogP contribution in [0.3, 0.4) is 0 Å². The highest BCUT2D eigenvalue weighted by atomic mass is 35.5. The van der Waals surface area contributed by atoms with Gasteiger partial charge < -0.3 is 5.73 Å². The molecule has 0 fully saturated rings. The molecule has 92 valence electrons. The van der Waals surface area contributed by atoms with E-state index in [2.05, 4.69) is 0 Å². The Morgan fingerprint density at radius 1 is 0.889 bits per heavy atom. The van der Waals surface area contributed by atoms with Crippen molar-refractivity contribution < 1.29 is 4.79 Å². The normalized spacial score (nSPS) is 8.94. The molecule has 0 spiro atoms. The Morgan fingerprint density at radius 3 is 1.50 bits per heavy atom. The molecule has 0 atom stereocenters. The minimum absolute atomic E-state index is 0.121. The zero-order valence-corrected chi connectivity index (χ0v) is 10.4. The molecule has 4 heteroatoms. The highest BCUT2D eigenvalue weighted by Crippen LogP contribution is 2.01. The Hall–Kier alpha value is -2.13. The van der Waals surface area contributed by atoms with Crippen LogP contribution in [-0.4, -0.2) is 11.1 Å². The number of nitrogens with one attached hydrogen (secondary N) is 1. The van der Waals surface area contributed by atoms with E-state index in [0.29, 0.717) is 5.56 Å². The van der Waals surface area contributed by atoms with Gasteiger partial charge >= 0.3 is 0 Å². The van der Waals surface area contributed by atoms with E-state index in [0.717, 1.165) is 5.56 Å². The van der Waals surface area contributed by atoms with Crippen LogP contribution in [0.5, 0.6) is 0 Å². The zero-order valence-electron chi connectivity index (χ0n) is 9.64. The van der Waals surface area contributed by atoms with E-state index in [1.807, 2.05) is 36.4 Å². The second-order valence-corrected chi connectivity index (χ2v) is 3.76. The first-order valence-electron chi connectivity index (χ1n) is 5.25. The maximum absolute atomic E-state index is 10.4. The lowest BCUT2D eigenvalue weighted by Crippen LogP contribution is -2.10. The summed E-state index contributed by atoms with van der Waals surface area (Å²) in [6, 6.07) is 18.0. The molecule has 0 saturated carbocycles. The van der Waals surface area contributed by atoms with Crippen molar-refractivity contribution in [1.29, 1.82) is 5.41 Å². The van der Waals surface area contributed by atoms with E-state index in [9.17, 15) is 4.79 Å². The quantitative estimate of drug-likeness (QED) is 0.495. The summed E-state index contributed by atoms with van der Waals surface area (Å²) in [6.07, 6.45) is 0. The van der Waals surface area contributed by atoms with Gasteiger partial charge in [-0.1, -0.05) is 60.7 Å². The average molecular weight is 261 g/mol. The number of carbonyl (C=O) groups excluding carboxylic acids is 1. The molecule has 0 heterocycles. The molecule has 2 aromatic carbocycles. The summed E-state index contributed by atoms with van der Waals surface area (Å²) in [5.74, 6) is 0.121. The molecule has 3 nitrogen and oxygen atoms in total. The molecule has 0 saturated heterocycles. The van der Waals surface area contributed by atoms with Crippen molar-refractivity contribution in [2.75, 3.05) is 0 Å². The molecule has 3 N–H and O–H groups in total. The third kappa shape index (κ3) is 4.80. The summed E-state index contributed by atoms with van der Waals surface area (Å²) in [4.78, 5) is 10.4. The number of rotatable bonds is 2. The van der Waals surface area contributed by atoms with Gasteiger partial charge in [0.05, 0.1) is 0 Å². The van der Waals surface area contributed by atoms with E-state index < -0.39 is 5.24 Å². The lowest BCUT2D eigenvalue weighted by atomic mass is 10.2. The van der Waals surface area contributed by atoms with Crippen LogP contribution in [-0.2, 0) is 0 Å². The van der Waals surface area contributed by atoms with E-state index in [1.54, 1.807) is 24.3 Å². The van der Waals surface area contributed by atoms with Gasteiger partial charge in [0.2, 0.25) is 0 Å². The van der Waals surface area contributed by atoms with Crippen molar-refractivity contribution in [1.82, 2.24) is 0 Å². The predicted octanol–water partition coefficient (Wildman–Crippen LogP) is 3.04. The van der Waals surface area contributed by atoms with Crippen molar-refractivity contribution in [3.8, 4) is 0 Å². The fourth-order valence-corrected chi connectivity index (χ4v) is 1.31. The van der Waals surface area contributed by atoms with Crippen LogP contribution < -0.4 is 5.73 Å². The van der Waals surface area contributed by atoms with E-state index in [-0.39, 0.29) is 5.84 Å². The van der Waals surface area contributed by atoms with Crippen molar-refractivity contribution in [2.45, 2.75) is 0 Å². The first-order chi connectivity index (χ1) is 8.61. The number of hydrogen-bond donors (Lipinski definition) is 2. The third-order valence-corrected chi connectivity index (χ3v) is 2.30. The maximum atomic E-state index is 10.4. The molecule has 0 unspecified atom stereocenters. The van der Waals surface area contributed by atoms with Crippen LogP contribution in [0.15, 0.2) is 60.7 Å². The Bertz CT molecular complexity index is 462. The number of hydrogen-bond acceptors (Lipinski definition) is 2. The first kappa shape index (κ1) is 13.9. The highest BCUT2D eigenvalue weighted by molar-refractivity contribution is 6.67. The summed E-state index contributed by atoms with van der Waals surface area (Å²) < 4.78 is 0. The molecule has 0 aliphatic heterocycles. The van der Waals surface area contributed by atoms with Gasteiger partial charge in [-0.25, -0.2) is 0 Å². The molecule has 0 aliphatic rings. The van der Waals surface area contributed by atoms with E-state index in [4.69, 9.17) is 22.7 Å². The summed E-state index contributed by atoms with van der Waals surface area (Å²) in [6.45, 7) is 0. The largest absolute Gasteiger partial charge is 0.384 e. The van der Waals surface area contributed by atoms with Gasteiger partial charge in [0, 0.05) is 11.1 Å². The highest BCUT2D eigenvalue weighted by Gasteiger charge is 1.95. The first-order valence-corrected chi connectivity index (χ1v) is 5.63. The number of nitrogen functional groups attached to an aromatic ring is 1. The smallest absolute Gasteiger partial charge is 0.252 e. The minimum atomic E-state index is -0.407. The monoisotopic (exact) mass is 260 g/mol. The molecule has 0 aliphatic carbocycles. The molecule has 0 aromatic heterocycles. The van der Waals surface area contributed by atoms with Gasteiger partial charge in [-0.2, -0.15) is 0 Å². The van der Waals surface area contributed by atoms with Crippen LogP contribution in [0, 0.1) is 5.41 Å². The van der Waals surface area contributed by atoms with Gasteiger partial charge in [0.15, 0.2) is 0 Å². The number of benzene rings is 2. The topological polar surface area (TPSA) is 66.9 Å². The third-order valence-electron chi connectivity index (χ3n) is 2.09. The van der Waals surface area contributed by atoms with E-state index in [1.165, 1.54) is 0 Å². The number of amidine groups is 1. The van der Waals surface area contributed by atoms with Crippen LogP contribution in [0.1, 0.15) is 15.9 Å². The molecular formula is C14H13ClN2O. The Labute approximate surface area is 111 Å². The minimum Gasteiger partial charge on any atom is -0.384 e. The van der Waals surface area contributed by atoms with Crippen molar-refractivity contribution in [3.63, 3.8) is 0 Å². The van der Waals surface area contributed by atoms with Crippen molar-refractivity contribution in [2.24, 2.45) is 5.73 Å². The average Bonchev–Trinajstić information content (AvgIpc) is 2.41. The summed E-state index contributed by atoms with van der Waals surface area (Å²) in [7, 11) is 0. The molecule has 2 rings (SSSR count). The van der Waals surface area contributed by atoms with E-state index >= 15 is 0 Å². The number of nitrogens with two attached hydrogens (primary N) is 1. The Morgan fingerprint density at radius 2 is 1.28 bits per heavy atom. The number of halogens is 1. The summed E-state index contributed by atoms with van der Waals surface area (Å²) in [5, 5.41) is 6.61. The summed E-state index contributed by atoms with van der Waals surface area (Å²) in [5.41, 5.74) is 6.51. The van der Waals surface area contributed by atoms with Gasteiger partial charge in [-0.3, -0.25) is 10.2 Å². The molecule has 0 bridgehead atoms. The van der Waals surface area contributed by atoms with Crippen molar-refractivity contribution >= 4 is 22.7 Å². The molecule has 0 radical (unpaired) electrons. The number of carbonyl (C=O) groups is 1. The second-order valence-electron chi connectivity index (χ2n) is 3.42. The van der Waals surface area contributed by atoms with Gasteiger partial charge in [-0.15, -0.1) is 0 Å². The Balaban J connectivity index is 0.000000180. The lowest BCUT2D eigenvalue weighted by Gasteiger charge is -1.93. The van der Waals surface area contributed by atoms with Crippen LogP contribution in [0.4, 0.5) is 0 Å². The van der Waals surface area contributed by atoms with Crippen LogP contribution in [0.2, 0.25) is 0 Å². The maximum Gasteiger partial charge on any atom is 0.252 e. The zero-order chi connectivity index (χ0) is 13.4. The van der Waals surface area contributed by atoms with Crippen LogP contribution in [0.25, 0.3) is 0 Å². The van der Waals surface area contributed by atoms with Gasteiger partial charge in [0.1, 0.15) is 5.84 Å². The SMILES string of the molecule is N=C(N)c1ccccc1.O=C(Cl)c1ccccc1. The predicted molar refractivity (Wildman–Crippen MR) is 74.1 cm³/mol. The fourth-order valence-electron chi connectivity index (χ4n) is 1.19. The lowest BCUT2D eigenvalue weighted by molar-refractivity contribution is 0.108. The Kier molecular flexibility index (Phi) is 5.61. The van der Waals surface area contributed by atoms with Gasteiger partial charge in [0.25, 0.3) is 5.24 Å². The second kappa shape index (κ2) is 7.25. The molecule has 0 amide bonds.